The lowest BCUT2D eigenvalue weighted by Crippen LogP contribution is -2.43. The molecule has 1 aliphatic carbocycles. The highest BCUT2D eigenvalue weighted by molar-refractivity contribution is 5.93. The standard InChI is InChI=1S/C20H22FN3O2/c1-26-17-4-2-3-16(11-17)20(21)7-9-24(10-8-20)19(25)15-12-22-18(23-13-15)14-5-6-14/h2-4,11-14H,5-10H2,1H3. The average Bonchev–Trinajstić information content (AvgIpc) is 3.54. The third-order valence-electron chi connectivity index (χ3n) is 5.29. The Morgan fingerprint density at radius 2 is 1.92 bits per heavy atom. The SMILES string of the molecule is COc1cccc(C2(F)CCN(C(=O)c3cnc(C4CC4)nc3)CC2)c1. The summed E-state index contributed by atoms with van der Waals surface area (Å²) >= 11 is 0. The van der Waals surface area contributed by atoms with Crippen LogP contribution in [-0.4, -0.2) is 41.0 Å². The number of methoxy groups -OCH3 is 1. The van der Waals surface area contributed by atoms with Gasteiger partial charge in [0.25, 0.3) is 5.91 Å². The van der Waals surface area contributed by atoms with Crippen molar-refractivity contribution >= 4 is 5.91 Å². The lowest BCUT2D eigenvalue weighted by atomic mass is 9.86. The molecule has 26 heavy (non-hydrogen) atoms. The zero-order chi connectivity index (χ0) is 18.1. The maximum atomic E-state index is 15.4. The fourth-order valence-electron chi connectivity index (χ4n) is 3.44. The summed E-state index contributed by atoms with van der Waals surface area (Å²) < 4.78 is 20.6. The molecule has 0 radical (unpaired) electrons. The summed E-state index contributed by atoms with van der Waals surface area (Å²) in [4.78, 5) is 22.9. The van der Waals surface area contributed by atoms with Gasteiger partial charge in [0.2, 0.25) is 0 Å². The Kier molecular flexibility index (Phi) is 4.34. The molecular formula is C20H22FN3O2. The first-order valence-corrected chi connectivity index (χ1v) is 9.04. The molecular weight excluding hydrogens is 333 g/mol. The fraction of sp³-hybridized carbons (Fsp3) is 0.450. The predicted octanol–water partition coefficient (Wildman–Crippen LogP) is 3.46. The molecule has 0 spiro atoms. The summed E-state index contributed by atoms with van der Waals surface area (Å²) in [5, 5.41) is 0. The number of carbonyl (C=O) groups excluding carboxylic acids is 1. The first-order chi connectivity index (χ1) is 12.6. The molecule has 0 bridgehead atoms. The zero-order valence-electron chi connectivity index (χ0n) is 14.8. The molecule has 0 N–H and O–H groups in total. The number of benzene rings is 1. The van der Waals surface area contributed by atoms with Crippen LogP contribution in [0.1, 0.15) is 53.3 Å². The van der Waals surface area contributed by atoms with E-state index in [2.05, 4.69) is 9.97 Å². The van der Waals surface area contributed by atoms with Crippen molar-refractivity contribution in [1.29, 1.82) is 0 Å². The van der Waals surface area contributed by atoms with Gasteiger partial charge in [0.1, 0.15) is 17.2 Å². The molecule has 1 amide bonds. The van der Waals surface area contributed by atoms with Crippen LogP contribution in [0, 0.1) is 0 Å². The highest BCUT2D eigenvalue weighted by Gasteiger charge is 2.38. The van der Waals surface area contributed by atoms with Crippen LogP contribution in [0.4, 0.5) is 4.39 Å². The lowest BCUT2D eigenvalue weighted by Gasteiger charge is -2.36. The summed E-state index contributed by atoms with van der Waals surface area (Å²) in [7, 11) is 1.57. The molecule has 0 unspecified atom stereocenters. The van der Waals surface area contributed by atoms with E-state index in [1.165, 1.54) is 0 Å². The van der Waals surface area contributed by atoms with Crippen molar-refractivity contribution in [3.63, 3.8) is 0 Å². The molecule has 4 rings (SSSR count). The molecule has 2 heterocycles. The van der Waals surface area contributed by atoms with Gasteiger partial charge in [-0.2, -0.15) is 0 Å². The van der Waals surface area contributed by atoms with Gasteiger partial charge < -0.3 is 9.64 Å². The number of aromatic nitrogens is 2. The smallest absolute Gasteiger partial charge is 0.256 e. The largest absolute Gasteiger partial charge is 0.497 e. The van der Waals surface area contributed by atoms with Crippen molar-refractivity contribution < 1.29 is 13.9 Å². The van der Waals surface area contributed by atoms with Gasteiger partial charge in [-0.3, -0.25) is 4.79 Å². The van der Waals surface area contributed by atoms with Gasteiger partial charge in [-0.15, -0.1) is 0 Å². The number of rotatable bonds is 4. The van der Waals surface area contributed by atoms with Gasteiger partial charge in [0.15, 0.2) is 0 Å². The van der Waals surface area contributed by atoms with Crippen molar-refractivity contribution in [3.05, 3.63) is 53.6 Å². The molecule has 1 saturated heterocycles. The summed E-state index contributed by atoms with van der Waals surface area (Å²) in [6.45, 7) is 0.744. The number of nitrogens with zero attached hydrogens (tertiary/aromatic N) is 3. The van der Waals surface area contributed by atoms with Gasteiger partial charge in [0.05, 0.1) is 12.7 Å². The Morgan fingerprint density at radius 1 is 1.23 bits per heavy atom. The van der Waals surface area contributed by atoms with Crippen molar-refractivity contribution in [2.75, 3.05) is 20.2 Å². The minimum Gasteiger partial charge on any atom is -0.497 e. The lowest BCUT2D eigenvalue weighted by molar-refractivity contribution is 0.0420. The second-order valence-corrected chi connectivity index (χ2v) is 7.09. The topological polar surface area (TPSA) is 55.3 Å². The van der Waals surface area contributed by atoms with E-state index in [4.69, 9.17) is 4.74 Å². The Morgan fingerprint density at radius 3 is 2.54 bits per heavy atom. The van der Waals surface area contributed by atoms with E-state index in [1.807, 2.05) is 0 Å². The maximum absolute atomic E-state index is 15.4. The van der Waals surface area contributed by atoms with E-state index in [1.54, 1.807) is 48.7 Å². The zero-order valence-corrected chi connectivity index (χ0v) is 14.8. The number of carbonyl (C=O) groups is 1. The molecule has 0 atom stereocenters. The molecule has 6 heteroatoms. The number of alkyl halides is 1. The fourth-order valence-corrected chi connectivity index (χ4v) is 3.44. The van der Waals surface area contributed by atoms with Crippen LogP contribution in [-0.2, 0) is 5.67 Å². The third kappa shape index (κ3) is 3.28. The van der Waals surface area contributed by atoms with Crippen LogP contribution >= 0.6 is 0 Å². The quantitative estimate of drug-likeness (QED) is 0.843. The minimum absolute atomic E-state index is 0.125. The summed E-state index contributed by atoms with van der Waals surface area (Å²) in [5.41, 5.74) is -0.347. The number of halogens is 1. The van der Waals surface area contributed by atoms with Crippen LogP contribution in [0.3, 0.4) is 0 Å². The minimum atomic E-state index is -1.43. The van der Waals surface area contributed by atoms with Crippen molar-refractivity contribution in [1.82, 2.24) is 14.9 Å². The van der Waals surface area contributed by atoms with Crippen LogP contribution in [0.5, 0.6) is 5.75 Å². The number of hydrogen-bond donors (Lipinski definition) is 0. The van der Waals surface area contributed by atoms with Gasteiger partial charge in [0, 0.05) is 44.2 Å². The van der Waals surface area contributed by atoms with Crippen molar-refractivity contribution in [3.8, 4) is 5.75 Å². The number of hydrogen-bond acceptors (Lipinski definition) is 4. The van der Waals surface area contributed by atoms with Crippen molar-refractivity contribution in [2.45, 2.75) is 37.3 Å². The number of likely N-dealkylation sites (tertiary alicyclic amines) is 1. The van der Waals surface area contributed by atoms with E-state index in [-0.39, 0.29) is 18.7 Å². The molecule has 2 aliphatic rings. The second kappa shape index (κ2) is 6.67. The Labute approximate surface area is 152 Å². The van der Waals surface area contributed by atoms with Crippen LogP contribution in [0.15, 0.2) is 36.7 Å². The van der Waals surface area contributed by atoms with Gasteiger partial charge in [-0.05, 0) is 30.5 Å². The highest BCUT2D eigenvalue weighted by atomic mass is 19.1. The molecule has 2 fully saturated rings. The van der Waals surface area contributed by atoms with Crippen LogP contribution in [0.25, 0.3) is 0 Å². The molecule has 5 nitrogen and oxygen atoms in total. The summed E-state index contributed by atoms with van der Waals surface area (Å²) in [6, 6.07) is 7.12. The Hall–Kier alpha value is -2.50. The van der Waals surface area contributed by atoms with Crippen LogP contribution in [0.2, 0.25) is 0 Å². The number of amides is 1. The molecule has 1 saturated carbocycles. The van der Waals surface area contributed by atoms with E-state index in [0.29, 0.717) is 35.9 Å². The average molecular weight is 355 g/mol. The number of ether oxygens (including phenoxy) is 1. The third-order valence-corrected chi connectivity index (χ3v) is 5.29. The maximum Gasteiger partial charge on any atom is 0.256 e. The first-order valence-electron chi connectivity index (χ1n) is 9.04. The summed E-state index contributed by atoms with van der Waals surface area (Å²) in [6.07, 6.45) is 6.00. The van der Waals surface area contributed by atoms with Gasteiger partial charge in [-0.1, -0.05) is 12.1 Å². The molecule has 2 aromatic rings. The van der Waals surface area contributed by atoms with E-state index >= 15 is 4.39 Å². The highest BCUT2D eigenvalue weighted by Crippen LogP contribution is 2.39. The number of piperidine rings is 1. The molecule has 136 valence electrons. The molecule has 1 aliphatic heterocycles. The van der Waals surface area contributed by atoms with Gasteiger partial charge >= 0.3 is 0 Å². The molecule has 1 aromatic heterocycles. The van der Waals surface area contributed by atoms with Crippen molar-refractivity contribution in [2.24, 2.45) is 0 Å². The van der Waals surface area contributed by atoms with E-state index < -0.39 is 5.67 Å². The van der Waals surface area contributed by atoms with E-state index in [9.17, 15) is 4.79 Å². The van der Waals surface area contributed by atoms with Crippen LogP contribution < -0.4 is 4.74 Å². The first kappa shape index (κ1) is 16.9. The second-order valence-electron chi connectivity index (χ2n) is 7.09. The molecule has 1 aromatic carbocycles. The predicted molar refractivity (Wildman–Crippen MR) is 94.9 cm³/mol. The monoisotopic (exact) mass is 355 g/mol. The normalized spacial score (nSPS) is 19.2. The Bertz CT molecular complexity index is 797. The van der Waals surface area contributed by atoms with Gasteiger partial charge in [-0.25, -0.2) is 14.4 Å². The van der Waals surface area contributed by atoms with E-state index in [0.717, 1.165) is 18.7 Å². The summed E-state index contributed by atoms with van der Waals surface area (Å²) in [5.74, 6) is 1.80. The Balaban J connectivity index is 1.42.